The highest BCUT2D eigenvalue weighted by Gasteiger charge is 2.20. The van der Waals surface area contributed by atoms with Gasteiger partial charge in [0, 0.05) is 49.4 Å². The first-order valence-corrected chi connectivity index (χ1v) is 12.4. The molecule has 188 valence electrons. The molecule has 0 unspecified atom stereocenters. The first-order chi connectivity index (χ1) is 17.3. The molecule has 3 heterocycles. The highest BCUT2D eigenvalue weighted by molar-refractivity contribution is 7.22. The number of carbonyl (C=O) groups excluding carboxylic acids is 1. The Balaban J connectivity index is 1.80. The second-order valence-corrected chi connectivity index (χ2v) is 9.68. The smallest absolute Gasteiger partial charge is 0.321 e. The van der Waals surface area contributed by atoms with E-state index in [0.717, 1.165) is 32.6 Å². The normalized spacial score (nSPS) is 11.6. The van der Waals surface area contributed by atoms with Crippen LogP contribution >= 0.6 is 11.3 Å². The van der Waals surface area contributed by atoms with Crippen molar-refractivity contribution in [2.45, 2.75) is 32.9 Å². The fourth-order valence-electron chi connectivity index (χ4n) is 3.58. The topological polar surface area (TPSA) is 145 Å². The summed E-state index contributed by atoms with van der Waals surface area (Å²) >= 11 is 1.37. The molecule has 0 atom stereocenters. The Morgan fingerprint density at radius 3 is 2.58 bits per heavy atom. The van der Waals surface area contributed by atoms with E-state index in [1.807, 2.05) is 31.2 Å². The van der Waals surface area contributed by atoms with Crippen molar-refractivity contribution in [3.05, 3.63) is 54.2 Å². The van der Waals surface area contributed by atoms with Crippen LogP contribution in [0.25, 0.3) is 32.6 Å². The Hall–Kier alpha value is -3.51. The van der Waals surface area contributed by atoms with Gasteiger partial charge in [-0.25, -0.2) is 19.7 Å². The van der Waals surface area contributed by atoms with Crippen molar-refractivity contribution in [2.24, 2.45) is 0 Å². The molecule has 4 rings (SSSR count). The van der Waals surface area contributed by atoms with E-state index in [2.05, 4.69) is 35.9 Å². The maximum atomic E-state index is 12.1. The summed E-state index contributed by atoms with van der Waals surface area (Å²) in [6.45, 7) is 6.80. The second-order valence-electron chi connectivity index (χ2n) is 8.68. The molecule has 0 spiro atoms. The molecule has 0 aliphatic rings. The maximum absolute atomic E-state index is 12.1. The monoisotopic (exact) mass is 507 g/mol. The largest absolute Gasteiger partial charge is 0.395 e. The number of anilines is 1. The molecule has 0 aliphatic carbocycles. The van der Waals surface area contributed by atoms with Crippen LogP contribution in [0, 0.1) is 0 Å². The number of aromatic nitrogens is 4. The number of aliphatic hydroxyl groups excluding tert-OH is 1. The zero-order valence-corrected chi connectivity index (χ0v) is 21.2. The van der Waals surface area contributed by atoms with Crippen LogP contribution in [0.4, 0.5) is 9.93 Å². The second kappa shape index (κ2) is 11.0. The third-order valence-corrected chi connectivity index (χ3v) is 6.32. The van der Waals surface area contributed by atoms with E-state index < -0.39 is 5.60 Å². The Morgan fingerprint density at radius 2 is 1.89 bits per heavy atom. The summed E-state index contributed by atoms with van der Waals surface area (Å²) in [6, 6.07) is 7.53. The number of pyridine rings is 1. The highest BCUT2D eigenvalue weighted by Crippen LogP contribution is 2.38. The van der Waals surface area contributed by atoms with Crippen LogP contribution in [-0.2, 0) is 12.1 Å². The number of amides is 2. The van der Waals surface area contributed by atoms with Gasteiger partial charge in [-0.3, -0.25) is 10.3 Å². The molecule has 0 bridgehead atoms. The molecule has 3 aromatic heterocycles. The van der Waals surface area contributed by atoms with E-state index >= 15 is 0 Å². The van der Waals surface area contributed by atoms with Crippen molar-refractivity contribution in [1.82, 2.24) is 30.6 Å². The molecule has 2 amide bonds. The van der Waals surface area contributed by atoms with Crippen molar-refractivity contribution in [3.63, 3.8) is 0 Å². The van der Waals surface area contributed by atoms with Gasteiger partial charge in [-0.05, 0) is 56.2 Å². The number of thiazole rings is 1. The molecule has 10 nitrogen and oxygen atoms in total. The number of fused-ring (bicyclic) bond motifs is 1. The van der Waals surface area contributed by atoms with Crippen LogP contribution in [0.2, 0.25) is 0 Å². The van der Waals surface area contributed by atoms with Crippen molar-refractivity contribution in [3.8, 4) is 22.4 Å². The number of hydrogen-bond acceptors (Lipinski definition) is 9. The minimum Gasteiger partial charge on any atom is -0.395 e. The third-order valence-electron chi connectivity index (χ3n) is 5.30. The Kier molecular flexibility index (Phi) is 7.85. The van der Waals surface area contributed by atoms with Crippen molar-refractivity contribution in [1.29, 1.82) is 0 Å². The van der Waals surface area contributed by atoms with Crippen molar-refractivity contribution in [2.75, 3.05) is 25.0 Å². The zero-order chi connectivity index (χ0) is 25.7. The minimum atomic E-state index is -1.14. The SMILES string of the molecule is CCNC(=O)Nc1nc2cc(-c3cnc(C(C)(C)O)nc3)cc(-c3cc(CNCCO)ccn3)c2s1. The standard InChI is InChI=1S/C25H29N7O3S/c1-4-27-23(34)32-24-31-20-11-16(17-13-29-22(30-14-17)25(2,3)35)10-18(21(20)36-24)19-9-15(5-6-28-19)12-26-7-8-33/h5-6,9-11,13-14,26,33,35H,4,7-8,12H2,1-3H3,(H2,27,31,32,34). The van der Waals surface area contributed by atoms with E-state index in [1.54, 1.807) is 32.4 Å². The molecular weight excluding hydrogens is 478 g/mol. The number of rotatable bonds is 9. The first kappa shape index (κ1) is 25.6. The molecule has 5 N–H and O–H groups in total. The van der Waals surface area contributed by atoms with Gasteiger partial charge in [-0.15, -0.1) is 0 Å². The van der Waals surface area contributed by atoms with Gasteiger partial charge in [0.25, 0.3) is 0 Å². The summed E-state index contributed by atoms with van der Waals surface area (Å²) in [5, 5.41) is 28.4. The Bertz CT molecular complexity index is 1350. The van der Waals surface area contributed by atoms with Crippen molar-refractivity contribution >= 4 is 32.7 Å². The van der Waals surface area contributed by atoms with Gasteiger partial charge in [0.2, 0.25) is 0 Å². The van der Waals surface area contributed by atoms with Crippen LogP contribution in [0.5, 0.6) is 0 Å². The fourth-order valence-corrected chi connectivity index (χ4v) is 4.55. The molecule has 11 heteroatoms. The minimum absolute atomic E-state index is 0.0666. The van der Waals surface area contributed by atoms with E-state index in [0.29, 0.717) is 36.1 Å². The molecule has 1 aromatic carbocycles. The lowest BCUT2D eigenvalue weighted by Gasteiger charge is -2.15. The molecule has 0 saturated heterocycles. The number of nitrogens with zero attached hydrogens (tertiary/aromatic N) is 4. The van der Waals surface area contributed by atoms with Crippen LogP contribution in [0.3, 0.4) is 0 Å². The van der Waals surface area contributed by atoms with Crippen LogP contribution in [0.15, 0.2) is 42.9 Å². The van der Waals surface area contributed by atoms with Gasteiger partial charge in [-0.2, -0.15) is 0 Å². The summed E-state index contributed by atoms with van der Waals surface area (Å²) in [5.41, 5.74) is 3.80. The number of carbonyl (C=O) groups is 1. The summed E-state index contributed by atoms with van der Waals surface area (Å²) in [4.78, 5) is 30.0. The lowest BCUT2D eigenvalue weighted by atomic mass is 10.0. The van der Waals surface area contributed by atoms with Crippen molar-refractivity contribution < 1.29 is 15.0 Å². The number of urea groups is 1. The molecule has 4 aromatic rings. The van der Waals surface area contributed by atoms with Crippen LogP contribution in [-0.4, -0.2) is 55.9 Å². The lowest BCUT2D eigenvalue weighted by Crippen LogP contribution is -2.28. The quantitative estimate of drug-likeness (QED) is 0.217. The average molecular weight is 508 g/mol. The summed E-state index contributed by atoms with van der Waals surface area (Å²) < 4.78 is 0.882. The Morgan fingerprint density at radius 1 is 1.11 bits per heavy atom. The predicted molar refractivity (Wildman–Crippen MR) is 141 cm³/mol. The molecule has 0 saturated carbocycles. The van der Waals surface area contributed by atoms with E-state index in [4.69, 9.17) is 5.11 Å². The summed E-state index contributed by atoms with van der Waals surface area (Å²) in [6.07, 6.45) is 5.10. The van der Waals surface area contributed by atoms with Gasteiger partial charge >= 0.3 is 6.03 Å². The van der Waals surface area contributed by atoms with Gasteiger partial charge in [-0.1, -0.05) is 11.3 Å². The molecular formula is C25H29N7O3S. The van der Waals surface area contributed by atoms with E-state index in [1.165, 1.54) is 11.3 Å². The summed E-state index contributed by atoms with van der Waals surface area (Å²) in [5.74, 6) is 0.333. The summed E-state index contributed by atoms with van der Waals surface area (Å²) in [7, 11) is 0. The van der Waals surface area contributed by atoms with Gasteiger partial charge in [0.05, 0.1) is 22.5 Å². The number of hydrogen-bond donors (Lipinski definition) is 5. The average Bonchev–Trinajstić information content (AvgIpc) is 3.25. The Labute approximate surface area is 212 Å². The third kappa shape index (κ3) is 6.00. The van der Waals surface area contributed by atoms with Gasteiger partial charge in [0.15, 0.2) is 11.0 Å². The number of aliphatic hydroxyl groups is 2. The fraction of sp³-hybridized carbons (Fsp3) is 0.320. The van der Waals surface area contributed by atoms with Gasteiger partial charge in [0.1, 0.15) is 5.60 Å². The van der Waals surface area contributed by atoms with Gasteiger partial charge < -0.3 is 20.8 Å². The van der Waals surface area contributed by atoms with Crippen LogP contribution in [0.1, 0.15) is 32.2 Å². The molecule has 0 fully saturated rings. The van der Waals surface area contributed by atoms with E-state index in [-0.39, 0.29) is 12.6 Å². The molecule has 0 aliphatic heterocycles. The van der Waals surface area contributed by atoms with Crippen LogP contribution < -0.4 is 16.0 Å². The predicted octanol–water partition coefficient (Wildman–Crippen LogP) is 3.27. The first-order valence-electron chi connectivity index (χ1n) is 11.6. The van der Waals surface area contributed by atoms with E-state index in [9.17, 15) is 9.90 Å². The number of nitrogens with one attached hydrogen (secondary N) is 3. The highest BCUT2D eigenvalue weighted by atomic mass is 32.1. The zero-order valence-electron chi connectivity index (χ0n) is 20.4. The molecule has 0 radical (unpaired) electrons. The maximum Gasteiger partial charge on any atom is 0.321 e. The molecule has 36 heavy (non-hydrogen) atoms. The number of benzene rings is 1. The lowest BCUT2D eigenvalue weighted by molar-refractivity contribution is 0.0687.